The number of fused-ring (bicyclic) bond motifs is 2. The minimum atomic E-state index is 0.0424. The second-order valence-corrected chi connectivity index (χ2v) is 7.11. The third-order valence-corrected chi connectivity index (χ3v) is 5.09. The standard InChI is InChI=1S/C21H18N6O2/c1-11(28)12-2-3-18-13(6-12)7-15(10-29-18)19-25-17-8-14(9-24-20(17)27-19)16-4-5-23-21(22)26-16/h2-6,8-9,15H,7,10H2,1H3,(H2,22,23,26)(H,24,25,27). The van der Waals surface area contributed by atoms with Gasteiger partial charge in [0.15, 0.2) is 11.4 Å². The summed E-state index contributed by atoms with van der Waals surface area (Å²) < 4.78 is 5.90. The van der Waals surface area contributed by atoms with Gasteiger partial charge in [0.25, 0.3) is 0 Å². The first-order valence-electron chi connectivity index (χ1n) is 9.28. The van der Waals surface area contributed by atoms with Gasteiger partial charge in [0.1, 0.15) is 11.6 Å². The molecule has 0 bridgehead atoms. The predicted octanol–water partition coefficient (Wildman–Crippen LogP) is 2.92. The van der Waals surface area contributed by atoms with Gasteiger partial charge in [0.05, 0.1) is 23.7 Å². The number of nitrogen functional groups attached to an aromatic ring is 1. The number of hydrogen-bond acceptors (Lipinski definition) is 7. The number of imidazole rings is 1. The summed E-state index contributed by atoms with van der Waals surface area (Å²) in [7, 11) is 0. The topological polar surface area (TPSA) is 120 Å². The van der Waals surface area contributed by atoms with Crippen LogP contribution in [-0.2, 0) is 6.42 Å². The molecule has 1 atom stereocenters. The number of carbonyl (C=O) groups excluding carboxylic acids is 1. The summed E-state index contributed by atoms with van der Waals surface area (Å²) in [5, 5.41) is 0. The summed E-state index contributed by atoms with van der Waals surface area (Å²) in [4.78, 5) is 32.3. The zero-order chi connectivity index (χ0) is 20.0. The van der Waals surface area contributed by atoms with Crippen LogP contribution in [-0.4, -0.2) is 37.3 Å². The number of pyridine rings is 1. The molecule has 4 aromatic rings. The van der Waals surface area contributed by atoms with Gasteiger partial charge in [-0.1, -0.05) is 0 Å². The fraction of sp³-hybridized carbons (Fsp3) is 0.190. The minimum absolute atomic E-state index is 0.0424. The quantitative estimate of drug-likeness (QED) is 0.519. The molecule has 0 saturated carbocycles. The zero-order valence-electron chi connectivity index (χ0n) is 15.7. The lowest BCUT2D eigenvalue weighted by molar-refractivity contribution is 0.101. The number of aromatic nitrogens is 5. The Morgan fingerprint density at radius 3 is 2.93 bits per heavy atom. The van der Waals surface area contributed by atoms with Crippen molar-refractivity contribution in [2.75, 3.05) is 12.3 Å². The second-order valence-electron chi connectivity index (χ2n) is 7.11. The fourth-order valence-electron chi connectivity index (χ4n) is 3.58. The number of aromatic amines is 1. The lowest BCUT2D eigenvalue weighted by Crippen LogP contribution is -2.20. The normalized spacial score (nSPS) is 15.7. The van der Waals surface area contributed by atoms with Crippen molar-refractivity contribution in [2.24, 2.45) is 0 Å². The number of nitrogens with two attached hydrogens (primary N) is 1. The van der Waals surface area contributed by atoms with E-state index in [-0.39, 0.29) is 17.6 Å². The largest absolute Gasteiger partial charge is 0.493 e. The van der Waals surface area contributed by atoms with Gasteiger partial charge in [-0.3, -0.25) is 4.79 Å². The summed E-state index contributed by atoms with van der Waals surface area (Å²) in [5.41, 5.74) is 10.4. The average molecular weight is 386 g/mol. The smallest absolute Gasteiger partial charge is 0.220 e. The van der Waals surface area contributed by atoms with Crippen LogP contribution in [0.1, 0.15) is 34.6 Å². The molecule has 1 aliphatic heterocycles. The van der Waals surface area contributed by atoms with Crippen LogP contribution in [0.5, 0.6) is 5.75 Å². The molecule has 3 aromatic heterocycles. The number of H-pyrrole nitrogens is 1. The van der Waals surface area contributed by atoms with Gasteiger partial charge < -0.3 is 15.5 Å². The molecule has 8 nitrogen and oxygen atoms in total. The SMILES string of the molecule is CC(=O)c1ccc2c(c1)CC(c1nc3ncc(-c4ccnc(N)n4)cc3[nH]1)CO2. The Morgan fingerprint density at radius 2 is 2.10 bits per heavy atom. The van der Waals surface area contributed by atoms with Crippen LogP contribution in [0, 0.1) is 0 Å². The van der Waals surface area contributed by atoms with Crippen LogP contribution >= 0.6 is 0 Å². The van der Waals surface area contributed by atoms with Crippen LogP contribution in [0.3, 0.4) is 0 Å². The van der Waals surface area contributed by atoms with E-state index in [0.717, 1.165) is 34.6 Å². The molecule has 0 aliphatic carbocycles. The van der Waals surface area contributed by atoms with Gasteiger partial charge in [-0.15, -0.1) is 0 Å². The molecule has 0 amide bonds. The van der Waals surface area contributed by atoms with Gasteiger partial charge in [0.2, 0.25) is 5.95 Å². The Morgan fingerprint density at radius 1 is 1.21 bits per heavy atom. The molecule has 5 rings (SSSR count). The number of anilines is 1. The summed E-state index contributed by atoms with van der Waals surface area (Å²) in [6.07, 6.45) is 4.08. The zero-order valence-corrected chi connectivity index (χ0v) is 15.7. The molecule has 0 radical (unpaired) electrons. The number of Topliss-reactive ketones (excluding diaryl/α,β-unsaturated/α-hetero) is 1. The van der Waals surface area contributed by atoms with Crippen LogP contribution in [0.15, 0.2) is 42.7 Å². The van der Waals surface area contributed by atoms with Crippen LogP contribution in [0.25, 0.3) is 22.4 Å². The van der Waals surface area contributed by atoms with Gasteiger partial charge in [-0.05, 0) is 49.2 Å². The van der Waals surface area contributed by atoms with Gasteiger partial charge in [0, 0.05) is 23.5 Å². The first-order chi connectivity index (χ1) is 14.1. The van der Waals surface area contributed by atoms with Crippen molar-refractivity contribution in [3.8, 4) is 17.0 Å². The minimum Gasteiger partial charge on any atom is -0.493 e. The van der Waals surface area contributed by atoms with E-state index in [1.807, 2.05) is 18.2 Å². The lowest BCUT2D eigenvalue weighted by Gasteiger charge is -2.24. The summed E-state index contributed by atoms with van der Waals surface area (Å²) in [6.45, 7) is 2.08. The first-order valence-corrected chi connectivity index (χ1v) is 9.28. The third kappa shape index (κ3) is 3.18. The number of hydrogen-bond donors (Lipinski definition) is 2. The van der Waals surface area contributed by atoms with E-state index < -0.39 is 0 Å². The van der Waals surface area contributed by atoms with Crippen molar-refractivity contribution in [3.63, 3.8) is 0 Å². The maximum atomic E-state index is 11.7. The highest BCUT2D eigenvalue weighted by molar-refractivity contribution is 5.94. The van der Waals surface area contributed by atoms with Crippen LogP contribution in [0.2, 0.25) is 0 Å². The molecule has 1 aromatic carbocycles. The Kier molecular flexibility index (Phi) is 3.97. The number of benzene rings is 1. The Bertz CT molecular complexity index is 1250. The fourth-order valence-corrected chi connectivity index (χ4v) is 3.58. The molecule has 1 unspecified atom stereocenters. The first kappa shape index (κ1) is 17.3. The van der Waals surface area contributed by atoms with Gasteiger partial charge >= 0.3 is 0 Å². The van der Waals surface area contributed by atoms with Crippen molar-refractivity contribution < 1.29 is 9.53 Å². The predicted molar refractivity (Wildman–Crippen MR) is 108 cm³/mol. The van der Waals surface area contributed by atoms with E-state index in [1.165, 1.54) is 0 Å². The van der Waals surface area contributed by atoms with E-state index in [2.05, 4.69) is 24.9 Å². The molecule has 0 spiro atoms. The maximum Gasteiger partial charge on any atom is 0.220 e. The van der Waals surface area contributed by atoms with Gasteiger partial charge in [-0.25, -0.2) is 19.9 Å². The second kappa shape index (κ2) is 6.66. The molecule has 29 heavy (non-hydrogen) atoms. The monoisotopic (exact) mass is 386 g/mol. The molecule has 1 aliphatic rings. The Labute approximate surface area is 166 Å². The molecule has 4 heterocycles. The molecule has 0 saturated heterocycles. The summed E-state index contributed by atoms with van der Waals surface area (Å²) >= 11 is 0. The number of nitrogens with zero attached hydrogens (tertiary/aromatic N) is 4. The molecular formula is C21H18N6O2. The highest BCUT2D eigenvalue weighted by Crippen LogP contribution is 2.33. The van der Waals surface area contributed by atoms with E-state index >= 15 is 0 Å². The summed E-state index contributed by atoms with van der Waals surface area (Å²) in [6, 6.07) is 9.31. The van der Waals surface area contributed by atoms with Crippen molar-refractivity contribution in [1.82, 2.24) is 24.9 Å². The van der Waals surface area contributed by atoms with Crippen molar-refractivity contribution in [3.05, 3.63) is 59.7 Å². The highest BCUT2D eigenvalue weighted by atomic mass is 16.5. The lowest BCUT2D eigenvalue weighted by atomic mass is 9.94. The van der Waals surface area contributed by atoms with E-state index in [1.54, 1.807) is 31.5 Å². The molecule has 8 heteroatoms. The number of ketones is 1. The highest BCUT2D eigenvalue weighted by Gasteiger charge is 2.25. The average Bonchev–Trinajstić information content (AvgIpc) is 3.16. The van der Waals surface area contributed by atoms with E-state index in [4.69, 9.17) is 10.5 Å². The van der Waals surface area contributed by atoms with Crippen LogP contribution < -0.4 is 10.5 Å². The number of nitrogens with one attached hydrogen (secondary N) is 1. The van der Waals surface area contributed by atoms with Crippen molar-refractivity contribution >= 4 is 22.9 Å². The Balaban J connectivity index is 1.46. The Hall–Kier alpha value is -3.81. The van der Waals surface area contributed by atoms with E-state index in [9.17, 15) is 4.79 Å². The van der Waals surface area contributed by atoms with Crippen molar-refractivity contribution in [2.45, 2.75) is 19.3 Å². The number of ether oxygens (including phenoxy) is 1. The summed E-state index contributed by atoms with van der Waals surface area (Å²) in [5.74, 6) is 1.95. The van der Waals surface area contributed by atoms with Crippen LogP contribution in [0.4, 0.5) is 5.95 Å². The van der Waals surface area contributed by atoms with Gasteiger partial charge in [-0.2, -0.15) is 0 Å². The number of carbonyl (C=O) groups is 1. The van der Waals surface area contributed by atoms with Crippen molar-refractivity contribution in [1.29, 1.82) is 0 Å². The molecule has 3 N–H and O–H groups in total. The van der Waals surface area contributed by atoms with E-state index in [0.29, 0.717) is 23.5 Å². The molecular weight excluding hydrogens is 368 g/mol. The molecule has 0 fully saturated rings. The molecule has 144 valence electrons. The number of rotatable bonds is 3. The maximum absolute atomic E-state index is 11.7. The third-order valence-electron chi connectivity index (χ3n) is 5.09.